The zero-order valence-corrected chi connectivity index (χ0v) is 12.6. The van der Waals surface area contributed by atoms with Gasteiger partial charge in [-0.1, -0.05) is 0 Å². The third kappa shape index (κ3) is 4.87. The van der Waals surface area contributed by atoms with Crippen LogP contribution in [0.25, 0.3) is 0 Å². The molecule has 2 rings (SSSR count). The molecule has 0 aliphatic heterocycles. The monoisotopic (exact) mass is 307 g/mol. The number of amides is 1. The summed E-state index contributed by atoms with van der Waals surface area (Å²) in [5.41, 5.74) is 5.68. The lowest BCUT2D eigenvalue weighted by atomic mass is 9.82. The number of carbonyl (C=O) groups is 2. The number of nitrogens with zero attached hydrogens (tertiary/aromatic N) is 1. The third-order valence-corrected chi connectivity index (χ3v) is 4.08. The number of hydrogen-bond acceptors (Lipinski definition) is 4. The molecule has 0 bridgehead atoms. The zero-order chi connectivity index (χ0) is 15.9. The number of pyridine rings is 1. The zero-order valence-electron chi connectivity index (χ0n) is 12.6. The lowest BCUT2D eigenvalue weighted by Gasteiger charge is -2.28. The fraction of sp³-hybridized carbons (Fsp3) is 0.562. The minimum absolute atomic E-state index is 0.00661. The number of Topliss-reactive ketones (excluding diaryl/α,β-unsaturated/α-hetero) is 1. The van der Waals surface area contributed by atoms with Crippen molar-refractivity contribution in [3.05, 3.63) is 29.8 Å². The predicted molar refractivity (Wildman–Crippen MR) is 80.7 cm³/mol. The Bertz CT molecular complexity index is 528. The predicted octanol–water partition coefficient (Wildman–Crippen LogP) is 1.82. The van der Waals surface area contributed by atoms with Gasteiger partial charge in [-0.15, -0.1) is 0 Å². The van der Waals surface area contributed by atoms with Crippen LogP contribution in [0, 0.1) is 11.7 Å². The van der Waals surface area contributed by atoms with E-state index in [1.165, 1.54) is 12.3 Å². The fourth-order valence-electron chi connectivity index (χ4n) is 2.89. The van der Waals surface area contributed by atoms with Crippen molar-refractivity contribution in [3.63, 3.8) is 0 Å². The minimum atomic E-state index is -0.489. The summed E-state index contributed by atoms with van der Waals surface area (Å²) >= 11 is 0. The van der Waals surface area contributed by atoms with Gasteiger partial charge in [0.2, 0.25) is 5.91 Å². The van der Waals surface area contributed by atoms with E-state index in [2.05, 4.69) is 10.3 Å². The second kappa shape index (κ2) is 7.98. The van der Waals surface area contributed by atoms with E-state index in [9.17, 15) is 14.0 Å². The molecule has 6 heteroatoms. The number of aromatic nitrogens is 1. The molecule has 0 spiro atoms. The maximum Gasteiger partial charge on any atom is 0.221 e. The molecule has 0 radical (unpaired) electrons. The number of nitrogens with one attached hydrogen (secondary N) is 1. The van der Waals surface area contributed by atoms with Crippen LogP contribution >= 0.6 is 0 Å². The molecule has 1 amide bonds. The van der Waals surface area contributed by atoms with Crippen LogP contribution in [-0.4, -0.2) is 29.3 Å². The topological polar surface area (TPSA) is 85.1 Å². The summed E-state index contributed by atoms with van der Waals surface area (Å²) in [6.07, 6.45) is 6.78. The third-order valence-electron chi connectivity index (χ3n) is 4.08. The molecule has 1 fully saturated rings. The Hall–Kier alpha value is -1.82. The number of hydrogen-bond donors (Lipinski definition) is 2. The number of nitrogens with two attached hydrogens (primary N) is 1. The molecule has 120 valence electrons. The Morgan fingerprint density at radius 2 is 2.00 bits per heavy atom. The van der Waals surface area contributed by atoms with E-state index in [0.717, 1.165) is 31.9 Å². The van der Waals surface area contributed by atoms with Gasteiger partial charge >= 0.3 is 0 Å². The minimum Gasteiger partial charge on any atom is -0.353 e. The van der Waals surface area contributed by atoms with E-state index >= 15 is 0 Å². The van der Waals surface area contributed by atoms with Crippen molar-refractivity contribution >= 4 is 11.7 Å². The van der Waals surface area contributed by atoms with Crippen molar-refractivity contribution in [1.29, 1.82) is 0 Å². The van der Waals surface area contributed by atoms with Gasteiger partial charge in [0.15, 0.2) is 5.78 Å². The van der Waals surface area contributed by atoms with Crippen molar-refractivity contribution in [3.8, 4) is 0 Å². The molecule has 1 aromatic rings. The smallest absolute Gasteiger partial charge is 0.221 e. The molecular weight excluding hydrogens is 285 g/mol. The quantitative estimate of drug-likeness (QED) is 0.785. The maximum atomic E-state index is 13.1. The normalized spacial score (nSPS) is 21.4. The van der Waals surface area contributed by atoms with Crippen molar-refractivity contribution in [1.82, 2.24) is 10.3 Å². The number of ketones is 1. The summed E-state index contributed by atoms with van der Waals surface area (Å²) in [7, 11) is 0. The standard InChI is InChI=1S/C16H22FN3O2/c17-13-8-12(9-19-10-13)15(21)7-11-1-3-14(4-2-11)20-16(22)5-6-18/h8-11,14H,1-7,18H2,(H,20,22). The lowest BCUT2D eigenvalue weighted by Crippen LogP contribution is -2.38. The molecule has 0 atom stereocenters. The van der Waals surface area contributed by atoms with Crippen LogP contribution in [0.3, 0.4) is 0 Å². The van der Waals surface area contributed by atoms with Crippen molar-refractivity contribution in [2.75, 3.05) is 6.54 Å². The van der Waals surface area contributed by atoms with Gasteiger partial charge in [0, 0.05) is 37.2 Å². The van der Waals surface area contributed by atoms with Gasteiger partial charge in [-0.3, -0.25) is 14.6 Å². The first-order valence-electron chi connectivity index (χ1n) is 7.71. The molecule has 1 aliphatic carbocycles. The molecule has 0 aromatic carbocycles. The molecule has 3 N–H and O–H groups in total. The highest BCUT2D eigenvalue weighted by molar-refractivity contribution is 5.95. The molecule has 1 aromatic heterocycles. The summed E-state index contributed by atoms with van der Waals surface area (Å²) in [5, 5.41) is 2.97. The SMILES string of the molecule is NCCC(=O)NC1CCC(CC(=O)c2cncc(F)c2)CC1. The average molecular weight is 307 g/mol. The van der Waals surface area contributed by atoms with Gasteiger partial charge in [0.1, 0.15) is 5.82 Å². The maximum absolute atomic E-state index is 13.1. The first-order valence-corrected chi connectivity index (χ1v) is 7.71. The summed E-state index contributed by atoms with van der Waals surface area (Å²) in [6, 6.07) is 1.41. The van der Waals surface area contributed by atoms with Crippen LogP contribution < -0.4 is 11.1 Å². The molecule has 1 aliphatic rings. The molecule has 5 nitrogen and oxygen atoms in total. The average Bonchev–Trinajstić information content (AvgIpc) is 2.49. The van der Waals surface area contributed by atoms with E-state index in [1.807, 2.05) is 0 Å². The highest BCUT2D eigenvalue weighted by atomic mass is 19.1. The van der Waals surface area contributed by atoms with Crippen LogP contribution in [0.4, 0.5) is 4.39 Å². The lowest BCUT2D eigenvalue weighted by molar-refractivity contribution is -0.121. The highest BCUT2D eigenvalue weighted by Crippen LogP contribution is 2.28. The van der Waals surface area contributed by atoms with Gasteiger partial charge in [-0.25, -0.2) is 4.39 Å². The first-order chi connectivity index (χ1) is 10.6. The second-order valence-electron chi connectivity index (χ2n) is 5.84. The number of halogens is 1. The summed E-state index contributed by atoms with van der Waals surface area (Å²) < 4.78 is 13.1. The summed E-state index contributed by atoms with van der Waals surface area (Å²) in [4.78, 5) is 27.3. The fourth-order valence-corrected chi connectivity index (χ4v) is 2.89. The van der Waals surface area contributed by atoms with Gasteiger partial charge in [0.25, 0.3) is 0 Å². The van der Waals surface area contributed by atoms with E-state index in [0.29, 0.717) is 30.9 Å². The molecule has 1 heterocycles. The van der Waals surface area contributed by atoms with Crippen LogP contribution in [-0.2, 0) is 4.79 Å². The molecule has 0 saturated heterocycles. The Morgan fingerprint density at radius 3 is 2.64 bits per heavy atom. The molecule has 0 unspecified atom stereocenters. The Balaban J connectivity index is 1.77. The molecular formula is C16H22FN3O2. The largest absolute Gasteiger partial charge is 0.353 e. The Kier molecular flexibility index (Phi) is 6.00. The summed E-state index contributed by atoms with van der Waals surface area (Å²) in [5.74, 6) is -0.272. The van der Waals surface area contributed by atoms with Crippen LogP contribution in [0.2, 0.25) is 0 Å². The van der Waals surface area contributed by atoms with Gasteiger partial charge in [0.05, 0.1) is 6.20 Å². The Morgan fingerprint density at radius 1 is 1.27 bits per heavy atom. The van der Waals surface area contributed by atoms with Crippen molar-refractivity contribution in [2.45, 2.75) is 44.6 Å². The highest BCUT2D eigenvalue weighted by Gasteiger charge is 2.24. The van der Waals surface area contributed by atoms with Crippen molar-refractivity contribution in [2.24, 2.45) is 11.7 Å². The van der Waals surface area contributed by atoms with E-state index in [-0.39, 0.29) is 17.7 Å². The van der Waals surface area contributed by atoms with E-state index in [4.69, 9.17) is 5.73 Å². The molecule has 22 heavy (non-hydrogen) atoms. The molecule has 1 saturated carbocycles. The summed E-state index contributed by atoms with van der Waals surface area (Å²) in [6.45, 7) is 0.358. The van der Waals surface area contributed by atoms with E-state index in [1.54, 1.807) is 0 Å². The van der Waals surface area contributed by atoms with Crippen LogP contribution in [0.15, 0.2) is 18.5 Å². The first kappa shape index (κ1) is 16.5. The van der Waals surface area contributed by atoms with Gasteiger partial charge in [-0.2, -0.15) is 0 Å². The van der Waals surface area contributed by atoms with Gasteiger partial charge < -0.3 is 11.1 Å². The van der Waals surface area contributed by atoms with Gasteiger partial charge in [-0.05, 0) is 37.7 Å². The Labute approximate surface area is 129 Å². The number of carbonyl (C=O) groups excluding carboxylic acids is 2. The van der Waals surface area contributed by atoms with E-state index < -0.39 is 5.82 Å². The van der Waals surface area contributed by atoms with Crippen molar-refractivity contribution < 1.29 is 14.0 Å². The van der Waals surface area contributed by atoms with Crippen LogP contribution in [0.1, 0.15) is 48.9 Å². The number of rotatable bonds is 6. The second-order valence-corrected chi connectivity index (χ2v) is 5.84. The van der Waals surface area contributed by atoms with Crippen LogP contribution in [0.5, 0.6) is 0 Å².